The lowest BCUT2D eigenvalue weighted by molar-refractivity contribution is -0.114. The zero-order valence-corrected chi connectivity index (χ0v) is 12.6. The fourth-order valence-corrected chi connectivity index (χ4v) is 1.77. The summed E-state index contributed by atoms with van der Waals surface area (Å²) in [4.78, 5) is 13.1. The number of likely N-dealkylation sites (N-methyl/N-ethyl adjacent to an activating group) is 1. The maximum absolute atomic E-state index is 10.9. The molecule has 5 nitrogen and oxygen atoms in total. The Balaban J connectivity index is 2.20. The SMILES string of the molecule is COCCN(C)CCNCc1ccc(NC(C)=O)cc1. The third-order valence-corrected chi connectivity index (χ3v) is 2.95. The van der Waals surface area contributed by atoms with Crippen LogP contribution in [0.4, 0.5) is 5.69 Å². The maximum atomic E-state index is 10.9. The summed E-state index contributed by atoms with van der Waals surface area (Å²) in [7, 11) is 3.81. The number of hydrogen-bond acceptors (Lipinski definition) is 4. The Hall–Kier alpha value is -1.43. The van der Waals surface area contributed by atoms with Crippen LogP contribution < -0.4 is 10.6 Å². The number of amides is 1. The van der Waals surface area contributed by atoms with Crippen LogP contribution in [-0.4, -0.2) is 51.2 Å². The minimum atomic E-state index is -0.0463. The van der Waals surface area contributed by atoms with E-state index in [0.717, 1.165) is 38.5 Å². The summed E-state index contributed by atoms with van der Waals surface area (Å²) in [6.45, 7) is 5.99. The number of carbonyl (C=O) groups is 1. The van der Waals surface area contributed by atoms with E-state index in [1.54, 1.807) is 7.11 Å². The molecule has 112 valence electrons. The second-order valence-corrected chi connectivity index (χ2v) is 4.85. The molecule has 1 aromatic rings. The van der Waals surface area contributed by atoms with Crippen LogP contribution in [0.3, 0.4) is 0 Å². The van der Waals surface area contributed by atoms with E-state index in [0.29, 0.717) is 0 Å². The highest BCUT2D eigenvalue weighted by molar-refractivity contribution is 5.88. The Morgan fingerprint density at radius 3 is 2.55 bits per heavy atom. The molecular weight excluding hydrogens is 254 g/mol. The molecule has 0 aliphatic carbocycles. The zero-order valence-electron chi connectivity index (χ0n) is 12.6. The Morgan fingerprint density at radius 2 is 1.95 bits per heavy atom. The first-order valence-electron chi connectivity index (χ1n) is 6.86. The van der Waals surface area contributed by atoms with Crippen molar-refractivity contribution in [2.75, 3.05) is 45.7 Å². The predicted molar refractivity (Wildman–Crippen MR) is 81.8 cm³/mol. The summed E-state index contributed by atoms with van der Waals surface area (Å²) in [6.07, 6.45) is 0. The molecule has 1 rings (SSSR count). The van der Waals surface area contributed by atoms with Gasteiger partial charge in [0.2, 0.25) is 5.91 Å². The van der Waals surface area contributed by atoms with Crippen LogP contribution in [-0.2, 0) is 16.1 Å². The smallest absolute Gasteiger partial charge is 0.221 e. The molecule has 20 heavy (non-hydrogen) atoms. The summed E-state index contributed by atoms with van der Waals surface area (Å²) < 4.78 is 5.03. The van der Waals surface area contributed by atoms with E-state index < -0.39 is 0 Å². The first kappa shape index (κ1) is 16.6. The molecule has 0 saturated carbocycles. The Morgan fingerprint density at radius 1 is 1.25 bits per heavy atom. The van der Waals surface area contributed by atoms with Crippen LogP contribution in [0.2, 0.25) is 0 Å². The van der Waals surface area contributed by atoms with Gasteiger partial charge in [-0.1, -0.05) is 12.1 Å². The van der Waals surface area contributed by atoms with Crippen molar-refractivity contribution in [1.82, 2.24) is 10.2 Å². The maximum Gasteiger partial charge on any atom is 0.221 e. The number of ether oxygens (including phenoxy) is 1. The van der Waals surface area contributed by atoms with Crippen molar-refractivity contribution in [1.29, 1.82) is 0 Å². The van der Waals surface area contributed by atoms with E-state index in [4.69, 9.17) is 4.74 Å². The van der Waals surface area contributed by atoms with Gasteiger partial charge in [-0.15, -0.1) is 0 Å². The summed E-state index contributed by atoms with van der Waals surface area (Å²) in [5.74, 6) is -0.0463. The molecule has 5 heteroatoms. The quantitative estimate of drug-likeness (QED) is 0.669. The standard InChI is InChI=1S/C15H25N3O2/c1-13(19)17-15-6-4-14(5-7-15)12-16-8-9-18(2)10-11-20-3/h4-7,16H,8-12H2,1-3H3,(H,17,19). The number of methoxy groups -OCH3 is 1. The van der Waals surface area contributed by atoms with Crippen LogP contribution in [0.25, 0.3) is 0 Å². The molecule has 0 aliphatic rings. The van der Waals surface area contributed by atoms with E-state index in [1.165, 1.54) is 12.5 Å². The van der Waals surface area contributed by atoms with Crippen LogP contribution in [0.5, 0.6) is 0 Å². The fourth-order valence-electron chi connectivity index (χ4n) is 1.77. The molecular formula is C15H25N3O2. The van der Waals surface area contributed by atoms with Gasteiger partial charge in [0, 0.05) is 45.9 Å². The van der Waals surface area contributed by atoms with Crippen molar-refractivity contribution in [2.24, 2.45) is 0 Å². The summed E-state index contributed by atoms with van der Waals surface area (Å²) >= 11 is 0. The molecule has 0 aromatic heterocycles. The van der Waals surface area contributed by atoms with Gasteiger partial charge in [-0.05, 0) is 24.7 Å². The largest absolute Gasteiger partial charge is 0.383 e. The third kappa shape index (κ3) is 7.23. The van der Waals surface area contributed by atoms with Gasteiger partial charge in [-0.2, -0.15) is 0 Å². The van der Waals surface area contributed by atoms with E-state index >= 15 is 0 Å². The molecule has 1 amide bonds. The number of nitrogens with one attached hydrogen (secondary N) is 2. The highest BCUT2D eigenvalue weighted by Crippen LogP contribution is 2.09. The van der Waals surface area contributed by atoms with Gasteiger partial charge in [0.25, 0.3) is 0 Å². The number of rotatable bonds is 9. The molecule has 1 aromatic carbocycles. The van der Waals surface area contributed by atoms with Crippen molar-refractivity contribution in [3.63, 3.8) is 0 Å². The number of anilines is 1. The predicted octanol–water partition coefficient (Wildman–Crippen LogP) is 1.31. The monoisotopic (exact) mass is 279 g/mol. The van der Waals surface area contributed by atoms with E-state index in [9.17, 15) is 4.79 Å². The van der Waals surface area contributed by atoms with Crippen LogP contribution in [0, 0.1) is 0 Å². The minimum Gasteiger partial charge on any atom is -0.383 e. The number of benzene rings is 1. The Labute approximate surface area is 121 Å². The fraction of sp³-hybridized carbons (Fsp3) is 0.533. The molecule has 0 spiro atoms. The first-order valence-corrected chi connectivity index (χ1v) is 6.86. The van der Waals surface area contributed by atoms with Crippen molar-refractivity contribution in [3.05, 3.63) is 29.8 Å². The van der Waals surface area contributed by atoms with Crippen molar-refractivity contribution in [2.45, 2.75) is 13.5 Å². The van der Waals surface area contributed by atoms with Gasteiger partial charge in [0.15, 0.2) is 0 Å². The first-order chi connectivity index (χ1) is 9.61. The lowest BCUT2D eigenvalue weighted by Crippen LogP contribution is -2.31. The molecule has 0 saturated heterocycles. The molecule has 0 atom stereocenters. The minimum absolute atomic E-state index is 0.0463. The van der Waals surface area contributed by atoms with Crippen molar-refractivity contribution >= 4 is 11.6 Å². The number of carbonyl (C=O) groups excluding carboxylic acids is 1. The second kappa shape index (κ2) is 9.47. The lowest BCUT2D eigenvalue weighted by Gasteiger charge is -2.16. The van der Waals surface area contributed by atoms with Crippen LogP contribution in [0.15, 0.2) is 24.3 Å². The van der Waals surface area contributed by atoms with Gasteiger partial charge in [0.05, 0.1) is 6.61 Å². The topological polar surface area (TPSA) is 53.6 Å². The van der Waals surface area contributed by atoms with E-state index in [-0.39, 0.29) is 5.91 Å². The van der Waals surface area contributed by atoms with Gasteiger partial charge >= 0.3 is 0 Å². The average Bonchev–Trinajstić information content (AvgIpc) is 2.42. The molecule has 2 N–H and O–H groups in total. The third-order valence-electron chi connectivity index (χ3n) is 2.95. The second-order valence-electron chi connectivity index (χ2n) is 4.85. The highest BCUT2D eigenvalue weighted by Gasteiger charge is 1.99. The number of nitrogens with zero attached hydrogens (tertiary/aromatic N) is 1. The van der Waals surface area contributed by atoms with Gasteiger partial charge in [-0.25, -0.2) is 0 Å². The Bertz CT molecular complexity index is 393. The number of hydrogen-bond donors (Lipinski definition) is 2. The van der Waals surface area contributed by atoms with Crippen LogP contribution in [0.1, 0.15) is 12.5 Å². The van der Waals surface area contributed by atoms with E-state index in [1.807, 2.05) is 24.3 Å². The Kier molecular flexibility index (Phi) is 7.87. The molecule has 0 aliphatic heterocycles. The summed E-state index contributed by atoms with van der Waals surface area (Å²) in [6, 6.07) is 7.88. The normalized spacial score (nSPS) is 10.8. The molecule has 0 heterocycles. The average molecular weight is 279 g/mol. The van der Waals surface area contributed by atoms with Gasteiger partial charge in [-0.3, -0.25) is 4.79 Å². The molecule has 0 bridgehead atoms. The summed E-state index contributed by atoms with van der Waals surface area (Å²) in [5, 5.41) is 6.16. The van der Waals surface area contributed by atoms with Gasteiger partial charge in [0.1, 0.15) is 0 Å². The summed E-state index contributed by atoms with van der Waals surface area (Å²) in [5.41, 5.74) is 2.04. The lowest BCUT2D eigenvalue weighted by atomic mass is 10.2. The zero-order chi connectivity index (χ0) is 14.8. The molecule has 0 radical (unpaired) electrons. The van der Waals surface area contributed by atoms with Crippen LogP contribution >= 0.6 is 0 Å². The van der Waals surface area contributed by atoms with Crippen molar-refractivity contribution < 1.29 is 9.53 Å². The van der Waals surface area contributed by atoms with Gasteiger partial charge < -0.3 is 20.3 Å². The molecule has 0 unspecified atom stereocenters. The molecule has 0 fully saturated rings. The highest BCUT2D eigenvalue weighted by atomic mass is 16.5. The van der Waals surface area contributed by atoms with Crippen molar-refractivity contribution in [3.8, 4) is 0 Å². The van der Waals surface area contributed by atoms with E-state index in [2.05, 4.69) is 22.6 Å².